The van der Waals surface area contributed by atoms with Crippen molar-refractivity contribution in [2.24, 2.45) is 0 Å². The van der Waals surface area contributed by atoms with E-state index in [4.69, 9.17) is 0 Å². The van der Waals surface area contributed by atoms with Gasteiger partial charge in [-0.2, -0.15) is 5.20 Å². The second kappa shape index (κ2) is 18.4. The molecule has 0 spiro atoms. The number of benzene rings is 4. The predicted molar refractivity (Wildman–Crippen MR) is 234 cm³/mol. The molecule has 1 unspecified atom stereocenters. The van der Waals surface area contributed by atoms with Gasteiger partial charge < -0.3 is 24.8 Å². The summed E-state index contributed by atoms with van der Waals surface area (Å²) in [5.74, 6) is 0. The Morgan fingerprint density at radius 2 is 0.962 bits per heavy atom. The molecular formula is C45H60Cl2Si4Zr-2. The van der Waals surface area contributed by atoms with Gasteiger partial charge in [-0.3, -0.25) is 6.08 Å². The zero-order valence-corrected chi connectivity index (χ0v) is 42.1. The minimum absolute atomic E-state index is 0. The Balaban J connectivity index is 0.000000271. The van der Waals surface area contributed by atoms with E-state index in [0.717, 1.165) is 0 Å². The first kappa shape index (κ1) is 46.6. The molecule has 5 aromatic carbocycles. The molecule has 0 amide bonds. The Kier molecular flexibility index (Phi) is 16.5. The van der Waals surface area contributed by atoms with E-state index >= 15 is 0 Å². The summed E-state index contributed by atoms with van der Waals surface area (Å²) in [5.41, 5.74) is 6.01. The van der Waals surface area contributed by atoms with Gasteiger partial charge in [0.25, 0.3) is 0 Å². The number of hydrogen-bond donors (Lipinski definition) is 0. The summed E-state index contributed by atoms with van der Waals surface area (Å²) in [7, 11) is -5.18. The first-order chi connectivity index (χ1) is 23.1. The van der Waals surface area contributed by atoms with Gasteiger partial charge in [0.2, 0.25) is 0 Å². The monoisotopic (exact) mass is 872 g/mol. The van der Waals surface area contributed by atoms with Gasteiger partial charge in [0.15, 0.2) is 0 Å². The number of fused-ring (bicyclic) bond motifs is 3. The molecule has 0 bridgehead atoms. The first-order valence-corrected chi connectivity index (χ1v) is 33.5. The third-order valence-electron chi connectivity index (χ3n) is 9.41. The normalized spacial score (nSPS) is 14.8. The van der Waals surface area contributed by atoms with E-state index in [-0.39, 0.29) is 24.8 Å². The third kappa shape index (κ3) is 11.7. The van der Waals surface area contributed by atoms with Crippen LogP contribution in [0.3, 0.4) is 0 Å². The summed E-state index contributed by atoms with van der Waals surface area (Å²) in [4.78, 5) is 0. The molecular weight excluding hydrogens is 815 g/mol. The summed E-state index contributed by atoms with van der Waals surface area (Å²) in [5, 5.41) is 10.9. The zero-order valence-electron chi connectivity index (χ0n) is 34.1. The van der Waals surface area contributed by atoms with Crippen molar-refractivity contribution in [3.8, 4) is 0 Å². The Bertz CT molecular complexity index is 1920. The second-order valence-corrected chi connectivity index (χ2v) is 39.9. The summed E-state index contributed by atoms with van der Waals surface area (Å²) >= 11 is 1.46. The molecule has 276 valence electrons. The number of allylic oxidation sites excluding steroid dienone is 4. The van der Waals surface area contributed by atoms with Crippen LogP contribution in [0.15, 0.2) is 119 Å². The van der Waals surface area contributed by atoms with Crippen LogP contribution in [0.2, 0.25) is 84.1 Å². The fourth-order valence-corrected chi connectivity index (χ4v) is 22.0. The summed E-state index contributed by atoms with van der Waals surface area (Å²) in [6.45, 7) is 34.8. The zero-order chi connectivity index (χ0) is 37.2. The van der Waals surface area contributed by atoms with Crippen LogP contribution in [0.25, 0.3) is 21.5 Å². The van der Waals surface area contributed by atoms with Gasteiger partial charge in [-0.1, -0.05) is 114 Å². The second-order valence-electron chi connectivity index (χ2n) is 18.3. The third-order valence-corrected chi connectivity index (χ3v) is 19.9. The van der Waals surface area contributed by atoms with Crippen LogP contribution in [0.5, 0.6) is 0 Å². The molecule has 1 aliphatic rings. The molecule has 1 atom stereocenters. The molecule has 0 radical (unpaired) electrons. The molecule has 6 rings (SSSR count). The van der Waals surface area contributed by atoms with E-state index in [1.54, 1.807) is 5.20 Å². The van der Waals surface area contributed by atoms with E-state index in [1.807, 2.05) is 10.4 Å². The predicted octanol–water partition coefficient (Wildman–Crippen LogP) is 7.51. The van der Waals surface area contributed by atoms with Gasteiger partial charge in [-0.05, 0) is 21.9 Å². The molecule has 52 heavy (non-hydrogen) atoms. The van der Waals surface area contributed by atoms with Gasteiger partial charge in [0, 0.05) is 16.1 Å². The minimum atomic E-state index is -1.32. The Morgan fingerprint density at radius 3 is 1.29 bits per heavy atom. The van der Waals surface area contributed by atoms with E-state index in [2.05, 4.69) is 202 Å². The van der Waals surface area contributed by atoms with Crippen LogP contribution < -0.4 is 24.8 Å². The molecule has 7 heteroatoms. The number of aryl methyl sites for hydroxylation is 2. The van der Waals surface area contributed by atoms with Crippen molar-refractivity contribution in [3.63, 3.8) is 0 Å². The molecule has 0 fully saturated rings. The maximum atomic E-state index is 4.12. The van der Waals surface area contributed by atoms with Crippen LogP contribution in [-0.4, -0.2) is 35.5 Å². The van der Waals surface area contributed by atoms with Crippen molar-refractivity contribution in [1.29, 1.82) is 0 Å². The molecule has 0 nitrogen and oxygen atoms in total. The van der Waals surface area contributed by atoms with Crippen LogP contribution >= 0.6 is 0 Å². The van der Waals surface area contributed by atoms with Crippen LogP contribution in [-0.2, 0) is 24.2 Å². The Hall–Kier alpha value is -1.57. The Morgan fingerprint density at radius 1 is 0.558 bits per heavy atom. The van der Waals surface area contributed by atoms with E-state index in [9.17, 15) is 0 Å². The fourth-order valence-electron chi connectivity index (χ4n) is 7.03. The molecule has 0 aromatic heterocycles. The molecule has 0 heterocycles. The topological polar surface area (TPSA) is 0 Å². The van der Waals surface area contributed by atoms with Gasteiger partial charge in [-0.15, -0.1) is 45.3 Å². The number of hydrogen-bond acceptors (Lipinski definition) is 0. The molecule has 0 saturated heterocycles. The quantitative estimate of drug-likeness (QED) is 0.123. The van der Waals surface area contributed by atoms with E-state index < -0.39 is 32.3 Å². The van der Waals surface area contributed by atoms with Gasteiger partial charge in [-0.25, -0.2) is 10.4 Å². The number of halogens is 2. The van der Waals surface area contributed by atoms with Gasteiger partial charge in [0.05, 0.1) is 8.07 Å². The number of rotatable bonds is 6. The average Bonchev–Trinajstić information content (AvgIpc) is 3.62. The average molecular weight is 875 g/mol. The molecule has 0 aliphatic heterocycles. The van der Waals surface area contributed by atoms with E-state index in [0.29, 0.717) is 5.54 Å². The maximum absolute atomic E-state index is 4.12. The standard InChI is InChI=1S/C17H37Si4.C15H13.C13H10.2ClH.Zr/c1-18(2,3)14-13-15(19(4,5)6)17(21(10,11)12)16(14)20(7,8)9;1-10-3-5-14-12(7-10)9-13-8-11(2)4-6-15(13)14;1-3-7-12(8-4-1)11-13-9-5-2-6-10-13;;;/h14H,1-12H3;3-9H,1-2H3;1-10H;2*1H;/q2*-1;;;;+2/p-2. The first-order valence-electron chi connectivity index (χ1n) is 18.2. The Labute approximate surface area is 348 Å². The van der Waals surface area contributed by atoms with Gasteiger partial charge >= 0.3 is 99.2 Å². The molecule has 0 saturated carbocycles. The molecule has 1 aliphatic carbocycles. The summed E-state index contributed by atoms with van der Waals surface area (Å²) in [6, 6.07) is 36.7. The molecule has 5 aromatic rings. The summed E-state index contributed by atoms with van der Waals surface area (Å²) < 4.78 is 1.42. The van der Waals surface area contributed by atoms with Crippen molar-refractivity contribution in [1.82, 2.24) is 0 Å². The van der Waals surface area contributed by atoms with Crippen LogP contribution in [0.4, 0.5) is 0 Å². The van der Waals surface area contributed by atoms with Gasteiger partial charge in [0.1, 0.15) is 0 Å². The fraction of sp³-hybridized carbons (Fsp3) is 0.333. The van der Waals surface area contributed by atoms with Crippen molar-refractivity contribution < 1.29 is 49.0 Å². The van der Waals surface area contributed by atoms with Crippen molar-refractivity contribution in [3.05, 3.63) is 147 Å². The SMILES string of the molecule is C[Si](C)(C)C1=[C-]C([Si](C)(C)C)C([Si](C)(C)C)=C1[Si](C)(C)C.Cc1ccc2c(c1)[cH-]c1cc(C)ccc12.[Cl-].[Cl-].[Zr+2]=[C](c1ccccc1)c1ccccc1. The van der Waals surface area contributed by atoms with E-state index in [1.165, 1.54) is 71.2 Å². The van der Waals surface area contributed by atoms with Crippen LogP contribution in [0, 0.1) is 19.9 Å². The molecule has 0 N–H and O–H groups in total. The van der Waals surface area contributed by atoms with Crippen molar-refractivity contribution in [2.45, 2.75) is 98.0 Å². The summed E-state index contributed by atoms with van der Waals surface area (Å²) in [6.07, 6.45) is 4.12. The van der Waals surface area contributed by atoms with Crippen LogP contribution in [0.1, 0.15) is 22.3 Å². The van der Waals surface area contributed by atoms with Crippen molar-refractivity contribution in [2.75, 3.05) is 0 Å². The van der Waals surface area contributed by atoms with Crippen molar-refractivity contribution >= 4 is 57.0 Å².